The number of methoxy groups -OCH3 is 1. The Hall–Kier alpha value is -3.54. The maximum atomic E-state index is 13.7. The minimum atomic E-state index is -0.797. The SMILES string of the molecule is COc1cccc2[nH]c(C(=O)N3CC4(CCC4)CC3C(=O)NC(C#N)CC3CC(C)(C)NC3=O)cc12. The number of nitriles is 1. The molecule has 9 nitrogen and oxygen atoms in total. The molecule has 3 unspecified atom stereocenters. The second-order valence-electron chi connectivity index (χ2n) is 11.3. The molecule has 3 aliphatic rings. The zero-order chi connectivity index (χ0) is 25.7. The predicted molar refractivity (Wildman–Crippen MR) is 133 cm³/mol. The third-order valence-electron chi connectivity index (χ3n) is 8.14. The van der Waals surface area contributed by atoms with Crippen LogP contribution in [0.25, 0.3) is 10.9 Å². The third kappa shape index (κ3) is 4.29. The van der Waals surface area contributed by atoms with Gasteiger partial charge in [0.25, 0.3) is 5.91 Å². The van der Waals surface area contributed by atoms with Crippen molar-refractivity contribution in [3.8, 4) is 11.8 Å². The molecule has 3 atom stereocenters. The summed E-state index contributed by atoms with van der Waals surface area (Å²) in [6.07, 6.45) is 4.52. The van der Waals surface area contributed by atoms with Gasteiger partial charge in [0.15, 0.2) is 0 Å². The lowest BCUT2D eigenvalue weighted by Gasteiger charge is -2.37. The first-order valence-corrected chi connectivity index (χ1v) is 12.6. The molecular weight excluding hydrogens is 458 g/mol. The first-order valence-electron chi connectivity index (χ1n) is 12.6. The van der Waals surface area contributed by atoms with Crippen LogP contribution in [0.15, 0.2) is 24.3 Å². The van der Waals surface area contributed by atoms with E-state index in [1.807, 2.05) is 32.0 Å². The zero-order valence-corrected chi connectivity index (χ0v) is 21.0. The number of likely N-dealkylation sites (tertiary alicyclic amines) is 1. The zero-order valence-electron chi connectivity index (χ0n) is 21.0. The van der Waals surface area contributed by atoms with Gasteiger partial charge in [-0.2, -0.15) is 5.26 Å². The molecule has 1 spiro atoms. The van der Waals surface area contributed by atoms with Crippen LogP contribution in [0.1, 0.15) is 62.9 Å². The van der Waals surface area contributed by atoms with E-state index < -0.39 is 12.1 Å². The number of rotatable bonds is 6. The van der Waals surface area contributed by atoms with Gasteiger partial charge in [0, 0.05) is 28.9 Å². The van der Waals surface area contributed by atoms with E-state index in [0.717, 1.165) is 30.2 Å². The van der Waals surface area contributed by atoms with E-state index in [-0.39, 0.29) is 41.0 Å². The highest BCUT2D eigenvalue weighted by atomic mass is 16.5. The number of nitrogens with one attached hydrogen (secondary N) is 3. The molecule has 36 heavy (non-hydrogen) atoms. The highest BCUT2D eigenvalue weighted by Gasteiger charge is 2.52. The minimum Gasteiger partial charge on any atom is -0.496 e. The summed E-state index contributed by atoms with van der Waals surface area (Å²) in [6.45, 7) is 4.42. The Bertz CT molecular complexity index is 1250. The van der Waals surface area contributed by atoms with Crippen molar-refractivity contribution in [2.45, 2.75) is 70.0 Å². The number of aromatic amines is 1. The molecule has 3 amide bonds. The number of nitrogens with zero attached hydrogens (tertiary/aromatic N) is 2. The summed E-state index contributed by atoms with van der Waals surface area (Å²) >= 11 is 0. The highest BCUT2D eigenvalue weighted by molar-refractivity contribution is 6.02. The number of ether oxygens (including phenoxy) is 1. The highest BCUT2D eigenvalue weighted by Crippen LogP contribution is 2.50. The second kappa shape index (κ2) is 8.84. The molecule has 190 valence electrons. The summed E-state index contributed by atoms with van der Waals surface area (Å²) in [4.78, 5) is 44.3. The maximum absolute atomic E-state index is 13.7. The van der Waals surface area contributed by atoms with Crippen molar-refractivity contribution >= 4 is 28.6 Å². The van der Waals surface area contributed by atoms with E-state index in [9.17, 15) is 19.6 Å². The third-order valence-corrected chi connectivity index (χ3v) is 8.14. The molecule has 5 rings (SSSR count). The lowest BCUT2D eigenvalue weighted by Crippen LogP contribution is -2.49. The number of hydrogen-bond acceptors (Lipinski definition) is 5. The van der Waals surface area contributed by atoms with Crippen LogP contribution in [0.5, 0.6) is 5.75 Å². The maximum Gasteiger partial charge on any atom is 0.271 e. The van der Waals surface area contributed by atoms with Crippen LogP contribution < -0.4 is 15.4 Å². The summed E-state index contributed by atoms with van der Waals surface area (Å²) in [5.41, 5.74) is 0.835. The second-order valence-corrected chi connectivity index (χ2v) is 11.3. The molecular formula is C27H33N5O4. The van der Waals surface area contributed by atoms with Gasteiger partial charge >= 0.3 is 0 Å². The number of carbonyl (C=O) groups excluding carboxylic acids is 3. The van der Waals surface area contributed by atoms with Gasteiger partial charge in [0.1, 0.15) is 23.5 Å². The van der Waals surface area contributed by atoms with Crippen molar-refractivity contribution in [3.63, 3.8) is 0 Å². The lowest BCUT2D eigenvalue weighted by molar-refractivity contribution is -0.126. The van der Waals surface area contributed by atoms with Crippen molar-refractivity contribution in [1.82, 2.24) is 20.5 Å². The summed E-state index contributed by atoms with van der Waals surface area (Å²) in [6, 6.07) is 8.05. The topological polar surface area (TPSA) is 127 Å². The molecule has 0 bridgehead atoms. The van der Waals surface area contributed by atoms with Gasteiger partial charge in [0.05, 0.1) is 13.2 Å². The van der Waals surface area contributed by atoms with E-state index in [0.29, 0.717) is 30.8 Å². The van der Waals surface area contributed by atoms with Gasteiger partial charge < -0.3 is 25.3 Å². The van der Waals surface area contributed by atoms with Gasteiger partial charge in [-0.3, -0.25) is 14.4 Å². The standard InChI is InChI=1S/C27H33N5O4/c1-26(2)12-16(23(33)31-26)10-17(14-28)29-24(34)21-13-27(8-5-9-27)15-32(21)25(35)20-11-18-19(30-20)6-4-7-22(18)36-3/h4,6-7,11,16-17,21,30H,5,8-10,12-13,15H2,1-3H3,(H,29,34)(H,31,33). The van der Waals surface area contributed by atoms with Crippen molar-refractivity contribution < 1.29 is 19.1 Å². The number of amides is 3. The van der Waals surface area contributed by atoms with E-state index in [1.165, 1.54) is 0 Å². The molecule has 9 heteroatoms. The Morgan fingerprint density at radius 1 is 1.31 bits per heavy atom. The fraction of sp³-hybridized carbons (Fsp3) is 0.556. The number of H-pyrrole nitrogens is 1. The van der Waals surface area contributed by atoms with E-state index in [4.69, 9.17) is 4.74 Å². The normalized spacial score (nSPS) is 24.7. The number of hydrogen-bond donors (Lipinski definition) is 3. The van der Waals surface area contributed by atoms with E-state index in [1.54, 1.807) is 18.1 Å². The van der Waals surface area contributed by atoms with Gasteiger partial charge in [-0.05, 0) is 69.6 Å². The van der Waals surface area contributed by atoms with Crippen LogP contribution in [0, 0.1) is 22.7 Å². The quantitative estimate of drug-likeness (QED) is 0.573. The Morgan fingerprint density at radius 3 is 2.69 bits per heavy atom. The number of fused-ring (bicyclic) bond motifs is 1. The first-order chi connectivity index (χ1) is 17.1. The summed E-state index contributed by atoms with van der Waals surface area (Å²) < 4.78 is 5.43. The summed E-state index contributed by atoms with van der Waals surface area (Å²) in [7, 11) is 1.59. The minimum absolute atomic E-state index is 0.0428. The molecule has 1 aromatic heterocycles. The lowest BCUT2D eigenvalue weighted by atomic mass is 9.67. The Balaban J connectivity index is 1.34. The molecule has 1 saturated carbocycles. The molecule has 1 aliphatic carbocycles. The van der Waals surface area contributed by atoms with Crippen LogP contribution in [0.4, 0.5) is 0 Å². The average Bonchev–Trinajstić information content (AvgIpc) is 3.50. The summed E-state index contributed by atoms with van der Waals surface area (Å²) in [5, 5.41) is 16.3. The molecule has 2 saturated heterocycles. The molecule has 3 fully saturated rings. The van der Waals surface area contributed by atoms with Gasteiger partial charge in [-0.1, -0.05) is 12.5 Å². The van der Waals surface area contributed by atoms with Gasteiger partial charge in [-0.25, -0.2) is 0 Å². The molecule has 2 aliphatic heterocycles. The number of carbonyl (C=O) groups is 3. The molecule has 0 radical (unpaired) electrons. The van der Waals surface area contributed by atoms with E-state index in [2.05, 4.69) is 21.7 Å². The smallest absolute Gasteiger partial charge is 0.271 e. The molecule has 3 N–H and O–H groups in total. The van der Waals surface area contributed by atoms with Crippen molar-refractivity contribution in [1.29, 1.82) is 5.26 Å². The number of aromatic nitrogens is 1. The van der Waals surface area contributed by atoms with E-state index >= 15 is 0 Å². The van der Waals surface area contributed by atoms with Crippen molar-refractivity contribution in [3.05, 3.63) is 30.0 Å². The fourth-order valence-corrected chi connectivity index (χ4v) is 6.20. The van der Waals surface area contributed by atoms with Gasteiger partial charge in [0.2, 0.25) is 11.8 Å². The fourth-order valence-electron chi connectivity index (χ4n) is 6.20. The van der Waals surface area contributed by atoms with Crippen molar-refractivity contribution in [2.75, 3.05) is 13.7 Å². The van der Waals surface area contributed by atoms with Crippen LogP contribution in [0.3, 0.4) is 0 Å². The molecule has 2 aromatic rings. The monoisotopic (exact) mass is 491 g/mol. The molecule has 3 heterocycles. The Kier molecular flexibility index (Phi) is 5.93. The number of benzene rings is 1. The predicted octanol–water partition coefficient (Wildman–Crippen LogP) is 2.87. The molecule has 1 aromatic carbocycles. The largest absolute Gasteiger partial charge is 0.496 e. The van der Waals surface area contributed by atoms with Crippen LogP contribution >= 0.6 is 0 Å². The first kappa shape index (κ1) is 24.2. The van der Waals surface area contributed by atoms with Crippen LogP contribution in [0.2, 0.25) is 0 Å². The Morgan fingerprint density at radius 2 is 2.08 bits per heavy atom. The van der Waals surface area contributed by atoms with Crippen LogP contribution in [-0.2, 0) is 9.59 Å². The average molecular weight is 492 g/mol. The van der Waals surface area contributed by atoms with Crippen LogP contribution in [-0.4, -0.2) is 58.9 Å². The van der Waals surface area contributed by atoms with Gasteiger partial charge in [-0.15, -0.1) is 0 Å². The summed E-state index contributed by atoms with van der Waals surface area (Å²) in [5.74, 6) is -0.307. The Labute approximate surface area is 210 Å². The van der Waals surface area contributed by atoms with Crippen molar-refractivity contribution in [2.24, 2.45) is 11.3 Å².